The molecule has 0 spiro atoms. The molecular formula is C20H26N2O5S2. The van der Waals surface area contributed by atoms with Crippen molar-refractivity contribution >= 4 is 27.3 Å². The van der Waals surface area contributed by atoms with Gasteiger partial charge in [-0.25, -0.2) is 8.42 Å². The summed E-state index contributed by atoms with van der Waals surface area (Å²) in [5.41, 5.74) is 1.45. The Kier molecular flexibility index (Phi) is 7.79. The van der Waals surface area contributed by atoms with Crippen LogP contribution in [0.1, 0.15) is 23.7 Å². The van der Waals surface area contributed by atoms with Gasteiger partial charge in [0.05, 0.1) is 13.2 Å². The minimum Gasteiger partial charge on any atom is -0.382 e. The molecule has 1 aromatic carbocycles. The molecule has 1 aliphatic rings. The standard InChI is InChI=1S/C20H26N2O5S2/c1-2-26-13-3-10-21-20(23)17-6-4-16(5-7-17)18-8-9-19(28-18)29(24,25)22-11-14-27-15-12-22/h4-9H,2-3,10-15H2,1H3,(H,21,23). The van der Waals surface area contributed by atoms with Crippen LogP contribution in [0.2, 0.25) is 0 Å². The van der Waals surface area contributed by atoms with Gasteiger partial charge in [0.15, 0.2) is 0 Å². The van der Waals surface area contributed by atoms with Gasteiger partial charge in [0, 0.05) is 43.3 Å². The first kappa shape index (κ1) is 21.9. The normalized spacial score (nSPS) is 15.3. The molecule has 0 radical (unpaired) electrons. The average Bonchev–Trinajstić information content (AvgIpc) is 3.25. The summed E-state index contributed by atoms with van der Waals surface area (Å²) in [5.74, 6) is -0.130. The Labute approximate surface area is 175 Å². The maximum atomic E-state index is 12.8. The highest BCUT2D eigenvalue weighted by molar-refractivity contribution is 7.91. The molecule has 1 amide bonds. The lowest BCUT2D eigenvalue weighted by Gasteiger charge is -2.25. The molecule has 1 fully saturated rings. The van der Waals surface area contributed by atoms with Crippen LogP contribution in [-0.4, -0.2) is 64.7 Å². The van der Waals surface area contributed by atoms with E-state index in [4.69, 9.17) is 9.47 Å². The maximum Gasteiger partial charge on any atom is 0.252 e. The third-order valence-corrected chi connectivity index (χ3v) is 8.03. The van der Waals surface area contributed by atoms with Gasteiger partial charge >= 0.3 is 0 Å². The smallest absolute Gasteiger partial charge is 0.252 e. The summed E-state index contributed by atoms with van der Waals surface area (Å²) < 4.78 is 37.8. The topological polar surface area (TPSA) is 84.9 Å². The fourth-order valence-electron chi connectivity index (χ4n) is 2.94. The number of rotatable bonds is 9. The third-order valence-electron chi connectivity index (χ3n) is 4.53. The summed E-state index contributed by atoms with van der Waals surface area (Å²) in [5, 5.41) is 2.87. The number of thiophene rings is 1. The second-order valence-electron chi connectivity index (χ2n) is 6.52. The number of ether oxygens (including phenoxy) is 2. The fraction of sp³-hybridized carbons (Fsp3) is 0.450. The van der Waals surface area contributed by atoms with Crippen LogP contribution in [0.3, 0.4) is 0 Å². The van der Waals surface area contributed by atoms with Crippen LogP contribution in [0.15, 0.2) is 40.6 Å². The van der Waals surface area contributed by atoms with Gasteiger partial charge in [-0.1, -0.05) is 12.1 Å². The van der Waals surface area contributed by atoms with Gasteiger partial charge in [-0.05, 0) is 43.2 Å². The van der Waals surface area contributed by atoms with Crippen molar-refractivity contribution in [2.75, 3.05) is 46.1 Å². The Balaban J connectivity index is 1.62. The SMILES string of the molecule is CCOCCCNC(=O)c1ccc(-c2ccc(S(=O)(=O)N3CCOCC3)s2)cc1. The molecule has 0 saturated carbocycles. The Hall–Kier alpha value is -1.78. The van der Waals surface area contributed by atoms with Gasteiger partial charge in [-0.15, -0.1) is 11.3 Å². The van der Waals surface area contributed by atoms with Crippen molar-refractivity contribution in [2.45, 2.75) is 17.6 Å². The number of carbonyl (C=O) groups is 1. The zero-order chi connectivity index (χ0) is 20.7. The summed E-state index contributed by atoms with van der Waals surface area (Å²) >= 11 is 1.24. The predicted octanol–water partition coefficient (Wildman–Crippen LogP) is 2.59. The molecule has 7 nitrogen and oxygen atoms in total. The van der Waals surface area contributed by atoms with Crippen LogP contribution in [-0.2, 0) is 19.5 Å². The van der Waals surface area contributed by atoms with Crippen molar-refractivity contribution in [3.63, 3.8) is 0 Å². The van der Waals surface area contributed by atoms with Gasteiger partial charge in [-0.2, -0.15) is 4.31 Å². The largest absolute Gasteiger partial charge is 0.382 e. The third kappa shape index (κ3) is 5.64. The summed E-state index contributed by atoms with van der Waals surface area (Å²) in [4.78, 5) is 13.0. The second kappa shape index (κ2) is 10.3. The molecule has 9 heteroatoms. The Morgan fingerprint density at radius 3 is 2.59 bits per heavy atom. The first-order valence-electron chi connectivity index (χ1n) is 9.66. The first-order valence-corrected chi connectivity index (χ1v) is 11.9. The van der Waals surface area contributed by atoms with E-state index in [1.54, 1.807) is 24.3 Å². The average molecular weight is 439 g/mol. The van der Waals surface area contributed by atoms with Crippen molar-refractivity contribution in [3.8, 4) is 10.4 Å². The molecule has 0 atom stereocenters. The molecule has 0 bridgehead atoms. The van der Waals surface area contributed by atoms with E-state index >= 15 is 0 Å². The zero-order valence-corrected chi connectivity index (χ0v) is 18.1. The maximum absolute atomic E-state index is 12.8. The Bertz CT molecular complexity index is 903. The van der Waals surface area contributed by atoms with E-state index in [0.29, 0.717) is 55.8 Å². The van der Waals surface area contributed by atoms with E-state index in [2.05, 4.69) is 5.32 Å². The second-order valence-corrected chi connectivity index (χ2v) is 9.77. The number of nitrogens with zero attached hydrogens (tertiary/aromatic N) is 1. The molecular weight excluding hydrogens is 412 g/mol. The van der Waals surface area contributed by atoms with Gasteiger partial charge in [0.25, 0.3) is 15.9 Å². The first-order chi connectivity index (χ1) is 14.0. The van der Waals surface area contributed by atoms with Gasteiger partial charge in [0.2, 0.25) is 0 Å². The van der Waals surface area contributed by atoms with Crippen molar-refractivity contribution in [1.82, 2.24) is 9.62 Å². The fourth-order valence-corrected chi connectivity index (χ4v) is 5.81. The summed E-state index contributed by atoms with van der Waals surface area (Å²) in [6.45, 7) is 5.41. The molecule has 1 N–H and O–H groups in total. The van der Waals surface area contributed by atoms with Crippen LogP contribution in [0.25, 0.3) is 10.4 Å². The molecule has 2 heterocycles. The number of carbonyl (C=O) groups excluding carboxylic acids is 1. The molecule has 29 heavy (non-hydrogen) atoms. The van der Waals surface area contributed by atoms with Crippen LogP contribution < -0.4 is 5.32 Å². The molecule has 0 unspecified atom stereocenters. The summed E-state index contributed by atoms with van der Waals surface area (Å²) in [6, 6.07) is 10.6. The molecule has 1 aromatic heterocycles. The number of amides is 1. The quantitative estimate of drug-likeness (QED) is 0.609. The van der Waals surface area contributed by atoms with E-state index < -0.39 is 10.0 Å². The summed E-state index contributed by atoms with van der Waals surface area (Å²) in [7, 11) is -3.49. The lowest BCUT2D eigenvalue weighted by Crippen LogP contribution is -2.40. The van der Waals surface area contributed by atoms with E-state index in [1.807, 2.05) is 19.1 Å². The number of benzene rings is 1. The lowest BCUT2D eigenvalue weighted by molar-refractivity contribution is 0.0731. The zero-order valence-electron chi connectivity index (χ0n) is 16.4. The van der Waals surface area contributed by atoms with Gasteiger partial charge in [0.1, 0.15) is 4.21 Å². The Morgan fingerprint density at radius 1 is 1.17 bits per heavy atom. The minimum absolute atomic E-state index is 0.130. The molecule has 1 saturated heterocycles. The highest BCUT2D eigenvalue weighted by Crippen LogP contribution is 2.32. The van der Waals surface area contributed by atoms with Crippen molar-refractivity contribution < 1.29 is 22.7 Å². The van der Waals surface area contributed by atoms with Crippen LogP contribution in [0, 0.1) is 0 Å². The van der Waals surface area contributed by atoms with Crippen LogP contribution in [0.5, 0.6) is 0 Å². The van der Waals surface area contributed by atoms with Crippen molar-refractivity contribution in [1.29, 1.82) is 0 Å². The molecule has 158 valence electrons. The van der Waals surface area contributed by atoms with Gasteiger partial charge in [-0.3, -0.25) is 4.79 Å². The molecule has 2 aromatic rings. The van der Waals surface area contributed by atoms with Crippen LogP contribution >= 0.6 is 11.3 Å². The van der Waals surface area contributed by atoms with E-state index in [9.17, 15) is 13.2 Å². The van der Waals surface area contributed by atoms with E-state index in [1.165, 1.54) is 15.6 Å². The number of nitrogens with one attached hydrogen (secondary N) is 1. The monoisotopic (exact) mass is 438 g/mol. The van der Waals surface area contributed by atoms with Gasteiger partial charge < -0.3 is 14.8 Å². The number of sulfonamides is 1. The molecule has 3 rings (SSSR count). The van der Waals surface area contributed by atoms with Crippen molar-refractivity contribution in [3.05, 3.63) is 42.0 Å². The molecule has 1 aliphatic heterocycles. The predicted molar refractivity (Wildman–Crippen MR) is 113 cm³/mol. The number of hydrogen-bond donors (Lipinski definition) is 1. The number of hydrogen-bond acceptors (Lipinski definition) is 6. The lowest BCUT2D eigenvalue weighted by atomic mass is 10.1. The summed E-state index contributed by atoms with van der Waals surface area (Å²) in [6.07, 6.45) is 0.771. The Morgan fingerprint density at radius 2 is 1.90 bits per heavy atom. The minimum atomic E-state index is -3.49. The highest BCUT2D eigenvalue weighted by atomic mass is 32.2. The number of morpholine rings is 1. The van der Waals surface area contributed by atoms with Crippen molar-refractivity contribution in [2.24, 2.45) is 0 Å². The highest BCUT2D eigenvalue weighted by Gasteiger charge is 2.27. The van der Waals surface area contributed by atoms with Crippen LogP contribution in [0.4, 0.5) is 0 Å². The molecule has 0 aliphatic carbocycles. The van der Waals surface area contributed by atoms with E-state index in [-0.39, 0.29) is 5.91 Å². The van der Waals surface area contributed by atoms with E-state index in [0.717, 1.165) is 16.9 Å².